The van der Waals surface area contributed by atoms with Gasteiger partial charge in [-0.2, -0.15) is 0 Å². The first kappa shape index (κ1) is 15.0. The Morgan fingerprint density at radius 3 is 2.74 bits per heavy atom. The van der Waals surface area contributed by atoms with E-state index in [0.29, 0.717) is 33.3 Å². The molecule has 0 aliphatic heterocycles. The predicted molar refractivity (Wildman–Crippen MR) is 87.6 cm³/mol. The molecule has 0 unspecified atom stereocenters. The quantitative estimate of drug-likeness (QED) is 0.733. The highest BCUT2D eigenvalue weighted by Gasteiger charge is 2.16. The van der Waals surface area contributed by atoms with Gasteiger partial charge < -0.3 is 10.5 Å². The van der Waals surface area contributed by atoms with Crippen molar-refractivity contribution in [3.05, 3.63) is 59.5 Å². The highest BCUT2D eigenvalue weighted by atomic mass is 19.1. The number of carbonyl (C=O) groups excluding carboxylic acids is 1. The molecular formula is C18H15FN2O2. The molecule has 2 aromatic carbocycles. The van der Waals surface area contributed by atoms with E-state index in [9.17, 15) is 9.18 Å². The summed E-state index contributed by atoms with van der Waals surface area (Å²) in [5.41, 5.74) is 7.87. The number of aromatic nitrogens is 1. The first-order valence-corrected chi connectivity index (χ1v) is 7.04. The van der Waals surface area contributed by atoms with Crippen molar-refractivity contribution in [2.45, 2.75) is 6.92 Å². The maximum atomic E-state index is 14.3. The van der Waals surface area contributed by atoms with E-state index < -0.39 is 5.97 Å². The number of methoxy groups -OCH3 is 1. The van der Waals surface area contributed by atoms with Crippen LogP contribution in [0.25, 0.3) is 21.9 Å². The molecule has 5 heteroatoms. The van der Waals surface area contributed by atoms with E-state index in [1.807, 2.05) is 13.0 Å². The summed E-state index contributed by atoms with van der Waals surface area (Å²) >= 11 is 0. The van der Waals surface area contributed by atoms with Crippen LogP contribution in [0, 0.1) is 12.7 Å². The molecule has 0 aliphatic carbocycles. The Balaban J connectivity index is 2.36. The number of rotatable bonds is 2. The fraction of sp³-hybridized carbons (Fsp3) is 0.111. The maximum absolute atomic E-state index is 14.3. The van der Waals surface area contributed by atoms with Crippen molar-refractivity contribution in [1.29, 1.82) is 0 Å². The van der Waals surface area contributed by atoms with E-state index in [1.54, 1.807) is 30.5 Å². The number of aryl methyl sites for hydroxylation is 1. The summed E-state index contributed by atoms with van der Waals surface area (Å²) in [7, 11) is 1.31. The first-order chi connectivity index (χ1) is 11.0. The summed E-state index contributed by atoms with van der Waals surface area (Å²) in [6.45, 7) is 1.82. The van der Waals surface area contributed by atoms with Gasteiger partial charge in [0.15, 0.2) is 0 Å². The number of hydrogen-bond acceptors (Lipinski definition) is 4. The number of benzene rings is 2. The lowest BCUT2D eigenvalue weighted by molar-refractivity contribution is 0.0603. The molecule has 1 aromatic heterocycles. The second kappa shape index (κ2) is 5.68. The fourth-order valence-corrected chi connectivity index (χ4v) is 2.69. The number of nitrogens with zero attached hydrogens (tertiary/aromatic N) is 1. The van der Waals surface area contributed by atoms with Gasteiger partial charge in [-0.05, 0) is 42.3 Å². The number of anilines is 1. The standard InChI is InChI=1S/C18H15FN2O2/c1-10-4-3-5-15(19)17(10)11-6-12-9-21-16(20)8-13(12)14(7-11)18(22)23-2/h3-9H,1-2H3,(H2,20,21). The fourth-order valence-electron chi connectivity index (χ4n) is 2.69. The minimum atomic E-state index is -0.503. The molecule has 0 radical (unpaired) electrons. The van der Waals surface area contributed by atoms with Crippen LogP contribution in [-0.2, 0) is 4.74 Å². The van der Waals surface area contributed by atoms with E-state index in [4.69, 9.17) is 10.5 Å². The molecule has 3 rings (SSSR count). The summed E-state index contributed by atoms with van der Waals surface area (Å²) in [6, 6.07) is 9.89. The molecule has 0 saturated heterocycles. The van der Waals surface area contributed by atoms with Crippen LogP contribution in [0.3, 0.4) is 0 Å². The van der Waals surface area contributed by atoms with Crippen molar-refractivity contribution in [2.75, 3.05) is 12.8 Å². The number of hydrogen-bond donors (Lipinski definition) is 1. The van der Waals surface area contributed by atoms with Gasteiger partial charge in [0.1, 0.15) is 11.6 Å². The van der Waals surface area contributed by atoms with Gasteiger partial charge in [-0.1, -0.05) is 12.1 Å². The van der Waals surface area contributed by atoms with E-state index in [-0.39, 0.29) is 5.82 Å². The molecule has 2 N–H and O–H groups in total. The lowest BCUT2D eigenvalue weighted by Crippen LogP contribution is -2.04. The molecule has 0 spiro atoms. The summed E-state index contributed by atoms with van der Waals surface area (Å²) in [4.78, 5) is 16.2. The third kappa shape index (κ3) is 2.61. The SMILES string of the molecule is COC(=O)c1cc(-c2c(C)cccc2F)cc2cnc(N)cc12. The number of esters is 1. The number of ether oxygens (including phenoxy) is 1. The number of halogens is 1. The summed E-state index contributed by atoms with van der Waals surface area (Å²) < 4.78 is 19.1. The Labute approximate surface area is 132 Å². The molecule has 0 fully saturated rings. The Morgan fingerprint density at radius 2 is 2.04 bits per heavy atom. The zero-order valence-corrected chi connectivity index (χ0v) is 12.8. The van der Waals surface area contributed by atoms with Crippen molar-refractivity contribution in [3.63, 3.8) is 0 Å². The number of nitrogen functional groups attached to an aromatic ring is 1. The smallest absolute Gasteiger partial charge is 0.338 e. The highest BCUT2D eigenvalue weighted by molar-refractivity contribution is 6.07. The number of fused-ring (bicyclic) bond motifs is 1. The van der Waals surface area contributed by atoms with Crippen LogP contribution in [0.5, 0.6) is 0 Å². The molecule has 0 aliphatic rings. The van der Waals surface area contributed by atoms with Crippen molar-refractivity contribution >= 4 is 22.6 Å². The van der Waals surface area contributed by atoms with Crippen molar-refractivity contribution in [2.24, 2.45) is 0 Å². The van der Waals surface area contributed by atoms with Crippen LogP contribution in [-0.4, -0.2) is 18.1 Å². The summed E-state index contributed by atoms with van der Waals surface area (Å²) in [6.07, 6.45) is 1.57. The minimum absolute atomic E-state index is 0.303. The topological polar surface area (TPSA) is 65.2 Å². The van der Waals surface area contributed by atoms with Crippen molar-refractivity contribution < 1.29 is 13.9 Å². The van der Waals surface area contributed by atoms with Crippen LogP contribution < -0.4 is 5.73 Å². The minimum Gasteiger partial charge on any atom is -0.465 e. The molecule has 0 saturated carbocycles. The normalized spacial score (nSPS) is 10.7. The molecule has 0 bridgehead atoms. The van der Waals surface area contributed by atoms with Crippen LogP contribution >= 0.6 is 0 Å². The monoisotopic (exact) mass is 310 g/mol. The van der Waals surface area contributed by atoms with E-state index in [2.05, 4.69) is 4.98 Å². The molecule has 4 nitrogen and oxygen atoms in total. The van der Waals surface area contributed by atoms with Crippen LogP contribution in [0.1, 0.15) is 15.9 Å². The van der Waals surface area contributed by atoms with Gasteiger partial charge in [0.25, 0.3) is 0 Å². The van der Waals surface area contributed by atoms with Crippen molar-refractivity contribution in [1.82, 2.24) is 4.98 Å². The lowest BCUT2D eigenvalue weighted by Gasteiger charge is -2.12. The molecule has 23 heavy (non-hydrogen) atoms. The first-order valence-electron chi connectivity index (χ1n) is 7.04. The second-order valence-electron chi connectivity index (χ2n) is 5.28. The van der Waals surface area contributed by atoms with E-state index in [1.165, 1.54) is 13.2 Å². The molecule has 1 heterocycles. The van der Waals surface area contributed by atoms with Gasteiger partial charge in [-0.3, -0.25) is 0 Å². The second-order valence-corrected chi connectivity index (χ2v) is 5.28. The predicted octanol–water partition coefficient (Wildman–Crippen LogP) is 3.72. The molecule has 0 amide bonds. The number of carbonyl (C=O) groups is 1. The van der Waals surface area contributed by atoms with Gasteiger partial charge in [0, 0.05) is 22.5 Å². The van der Waals surface area contributed by atoms with Gasteiger partial charge in [0.2, 0.25) is 0 Å². The van der Waals surface area contributed by atoms with Gasteiger partial charge >= 0.3 is 5.97 Å². The zero-order chi connectivity index (χ0) is 16.6. The highest BCUT2D eigenvalue weighted by Crippen LogP contribution is 2.32. The Morgan fingerprint density at radius 1 is 1.26 bits per heavy atom. The molecule has 116 valence electrons. The van der Waals surface area contributed by atoms with Crippen LogP contribution in [0.15, 0.2) is 42.6 Å². The maximum Gasteiger partial charge on any atom is 0.338 e. The van der Waals surface area contributed by atoms with Gasteiger partial charge in [0.05, 0.1) is 12.7 Å². The van der Waals surface area contributed by atoms with Gasteiger partial charge in [-0.15, -0.1) is 0 Å². The van der Waals surface area contributed by atoms with E-state index in [0.717, 1.165) is 5.56 Å². The van der Waals surface area contributed by atoms with Crippen LogP contribution in [0.2, 0.25) is 0 Å². The number of nitrogens with two attached hydrogens (primary N) is 1. The summed E-state index contributed by atoms with van der Waals surface area (Å²) in [5, 5.41) is 1.32. The zero-order valence-electron chi connectivity index (χ0n) is 12.8. The lowest BCUT2D eigenvalue weighted by atomic mass is 9.95. The third-order valence-electron chi connectivity index (χ3n) is 3.77. The molecule has 3 aromatic rings. The molecular weight excluding hydrogens is 295 g/mol. The Bertz CT molecular complexity index is 902. The average Bonchev–Trinajstić information content (AvgIpc) is 2.53. The van der Waals surface area contributed by atoms with E-state index >= 15 is 0 Å². The average molecular weight is 310 g/mol. The van der Waals surface area contributed by atoms with Gasteiger partial charge in [-0.25, -0.2) is 14.2 Å². The Hall–Kier alpha value is -2.95. The molecule has 0 atom stereocenters. The van der Waals surface area contributed by atoms with Crippen LogP contribution in [0.4, 0.5) is 10.2 Å². The Kier molecular flexibility index (Phi) is 3.70. The van der Waals surface area contributed by atoms with Crippen molar-refractivity contribution in [3.8, 4) is 11.1 Å². The summed E-state index contributed by atoms with van der Waals surface area (Å²) in [5.74, 6) is -0.544. The largest absolute Gasteiger partial charge is 0.465 e. The number of pyridine rings is 1. The third-order valence-corrected chi connectivity index (χ3v) is 3.77.